The summed E-state index contributed by atoms with van der Waals surface area (Å²) in [4.78, 5) is 15.3. The Morgan fingerprint density at radius 3 is 2.29 bits per heavy atom. The van der Waals surface area contributed by atoms with E-state index in [1.54, 1.807) is 18.2 Å². The minimum absolute atomic E-state index is 0.123. The predicted octanol–water partition coefficient (Wildman–Crippen LogP) is 6.22. The van der Waals surface area contributed by atoms with Crippen molar-refractivity contribution in [2.24, 2.45) is 5.92 Å². The number of hydrogen-bond acceptors (Lipinski definition) is 2. The fourth-order valence-electron chi connectivity index (χ4n) is 3.41. The van der Waals surface area contributed by atoms with Crippen LogP contribution in [0.4, 0.5) is 0 Å². The van der Waals surface area contributed by atoms with Crippen LogP contribution in [0, 0.1) is 5.92 Å². The number of hydrogen-bond donors (Lipinski definition) is 1. The van der Waals surface area contributed by atoms with Crippen molar-refractivity contribution in [3.63, 3.8) is 0 Å². The van der Waals surface area contributed by atoms with Gasteiger partial charge in [-0.3, -0.25) is 4.79 Å². The summed E-state index contributed by atoms with van der Waals surface area (Å²) in [6.45, 7) is 7.61. The molecule has 1 amide bonds. The van der Waals surface area contributed by atoms with Crippen molar-refractivity contribution in [2.75, 3.05) is 13.6 Å². The van der Waals surface area contributed by atoms with Crippen LogP contribution in [0.5, 0.6) is 0 Å². The second-order valence-corrected chi connectivity index (χ2v) is 8.19. The third-order valence-corrected chi connectivity index (χ3v) is 6.05. The molecule has 0 radical (unpaired) electrons. The van der Waals surface area contributed by atoms with Gasteiger partial charge in [0.1, 0.15) is 0 Å². The molecule has 5 heteroatoms. The second kappa shape index (κ2) is 10.8. The van der Waals surface area contributed by atoms with Gasteiger partial charge in [0.15, 0.2) is 0 Å². The molecule has 0 heterocycles. The SMILES string of the molecule is CCC(CC)CN(C)C(C)C(NC(=O)c1ccc(Cl)cc1Cl)c1ccccc1. The molecule has 0 bridgehead atoms. The lowest BCUT2D eigenvalue weighted by atomic mass is 9.96. The number of likely N-dealkylation sites (N-methyl/N-ethyl adjacent to an activating group) is 1. The lowest BCUT2D eigenvalue weighted by Gasteiger charge is -2.35. The zero-order valence-corrected chi connectivity index (χ0v) is 18.6. The van der Waals surface area contributed by atoms with Crippen molar-refractivity contribution in [2.45, 2.75) is 45.7 Å². The molecule has 0 saturated heterocycles. The number of benzene rings is 2. The molecule has 0 aliphatic carbocycles. The van der Waals surface area contributed by atoms with E-state index >= 15 is 0 Å². The van der Waals surface area contributed by atoms with Crippen LogP contribution in [0.1, 0.15) is 55.6 Å². The quantitative estimate of drug-likeness (QED) is 0.521. The van der Waals surface area contributed by atoms with Gasteiger partial charge in [-0.1, -0.05) is 80.2 Å². The van der Waals surface area contributed by atoms with E-state index in [0.717, 1.165) is 24.9 Å². The Morgan fingerprint density at radius 2 is 1.71 bits per heavy atom. The van der Waals surface area contributed by atoms with Gasteiger partial charge >= 0.3 is 0 Å². The molecule has 2 aromatic rings. The zero-order valence-electron chi connectivity index (χ0n) is 17.1. The molecule has 0 saturated carbocycles. The van der Waals surface area contributed by atoms with E-state index in [0.29, 0.717) is 21.5 Å². The van der Waals surface area contributed by atoms with Gasteiger partial charge in [0.05, 0.1) is 16.6 Å². The van der Waals surface area contributed by atoms with Crippen LogP contribution >= 0.6 is 23.2 Å². The highest BCUT2D eigenvalue weighted by Crippen LogP contribution is 2.25. The van der Waals surface area contributed by atoms with Gasteiger partial charge in [-0.15, -0.1) is 0 Å². The Kier molecular flexibility index (Phi) is 8.81. The van der Waals surface area contributed by atoms with E-state index in [2.05, 4.69) is 50.2 Å². The Labute approximate surface area is 179 Å². The standard InChI is InChI=1S/C23H30Cl2N2O/c1-5-17(6-2)15-27(4)16(3)22(18-10-8-7-9-11-18)26-23(28)20-13-12-19(24)14-21(20)25/h7-14,16-17,22H,5-6,15H2,1-4H3,(H,26,28). The number of nitrogens with one attached hydrogen (secondary N) is 1. The fourth-order valence-corrected chi connectivity index (χ4v) is 3.90. The molecule has 2 unspecified atom stereocenters. The summed E-state index contributed by atoms with van der Waals surface area (Å²) in [6.07, 6.45) is 2.30. The fraction of sp³-hybridized carbons (Fsp3) is 0.435. The minimum atomic E-state index is -0.196. The number of carbonyl (C=O) groups is 1. The van der Waals surface area contributed by atoms with E-state index in [1.165, 1.54) is 0 Å². The maximum atomic E-state index is 13.0. The van der Waals surface area contributed by atoms with Crippen LogP contribution in [0.25, 0.3) is 0 Å². The van der Waals surface area contributed by atoms with Gasteiger partial charge in [0.2, 0.25) is 0 Å². The first-order valence-electron chi connectivity index (χ1n) is 9.88. The number of nitrogens with zero attached hydrogens (tertiary/aromatic N) is 1. The first-order chi connectivity index (χ1) is 13.4. The molecule has 3 nitrogen and oxygen atoms in total. The van der Waals surface area contributed by atoms with Gasteiger partial charge in [0.25, 0.3) is 5.91 Å². The molecule has 2 aromatic carbocycles. The van der Waals surface area contributed by atoms with Gasteiger partial charge in [-0.25, -0.2) is 0 Å². The summed E-state index contributed by atoms with van der Waals surface area (Å²) in [5.41, 5.74) is 1.51. The molecule has 28 heavy (non-hydrogen) atoms. The minimum Gasteiger partial charge on any atom is -0.344 e. The lowest BCUT2D eigenvalue weighted by molar-refractivity contribution is 0.0898. The Hall–Kier alpha value is -1.55. The molecular weight excluding hydrogens is 391 g/mol. The van der Waals surface area contributed by atoms with Crippen LogP contribution in [0.15, 0.2) is 48.5 Å². The average molecular weight is 421 g/mol. The number of carbonyl (C=O) groups excluding carboxylic acids is 1. The largest absolute Gasteiger partial charge is 0.344 e. The summed E-state index contributed by atoms with van der Waals surface area (Å²) in [5, 5.41) is 4.06. The number of halogens is 2. The molecule has 2 atom stereocenters. The van der Waals surface area contributed by atoms with Crippen LogP contribution in [0.3, 0.4) is 0 Å². The van der Waals surface area contributed by atoms with Crippen molar-refractivity contribution in [3.05, 3.63) is 69.7 Å². The van der Waals surface area contributed by atoms with Gasteiger partial charge in [0, 0.05) is 17.6 Å². The van der Waals surface area contributed by atoms with Crippen LogP contribution in [-0.4, -0.2) is 30.4 Å². The maximum absolute atomic E-state index is 13.0. The molecule has 2 rings (SSSR count). The topological polar surface area (TPSA) is 32.3 Å². The van der Waals surface area contributed by atoms with E-state index in [4.69, 9.17) is 23.2 Å². The van der Waals surface area contributed by atoms with E-state index in [-0.39, 0.29) is 18.0 Å². The van der Waals surface area contributed by atoms with Crippen molar-refractivity contribution in [1.82, 2.24) is 10.2 Å². The molecule has 1 N–H and O–H groups in total. The summed E-state index contributed by atoms with van der Waals surface area (Å²) in [6, 6.07) is 15.0. The normalized spacial score (nSPS) is 13.6. The highest BCUT2D eigenvalue weighted by molar-refractivity contribution is 6.36. The summed E-state index contributed by atoms with van der Waals surface area (Å²) >= 11 is 12.2. The highest BCUT2D eigenvalue weighted by atomic mass is 35.5. The molecule has 152 valence electrons. The monoisotopic (exact) mass is 420 g/mol. The van der Waals surface area contributed by atoms with Gasteiger partial charge < -0.3 is 10.2 Å². The molecular formula is C23H30Cl2N2O. The molecule has 0 aliphatic rings. The Balaban J connectivity index is 2.26. The van der Waals surface area contributed by atoms with Crippen molar-refractivity contribution in [1.29, 1.82) is 0 Å². The van der Waals surface area contributed by atoms with Gasteiger partial charge in [-0.05, 0) is 43.7 Å². The van der Waals surface area contributed by atoms with Crippen LogP contribution in [-0.2, 0) is 0 Å². The van der Waals surface area contributed by atoms with Gasteiger partial charge in [-0.2, -0.15) is 0 Å². The van der Waals surface area contributed by atoms with E-state index < -0.39 is 0 Å². The third kappa shape index (κ3) is 5.97. The summed E-state index contributed by atoms with van der Waals surface area (Å²) < 4.78 is 0. The smallest absolute Gasteiger partial charge is 0.253 e. The third-order valence-electron chi connectivity index (χ3n) is 5.50. The van der Waals surface area contributed by atoms with Crippen LogP contribution < -0.4 is 5.32 Å². The number of rotatable bonds is 9. The molecule has 0 aromatic heterocycles. The van der Waals surface area contributed by atoms with Crippen molar-refractivity contribution < 1.29 is 4.79 Å². The average Bonchev–Trinajstić information content (AvgIpc) is 2.69. The molecule has 0 aliphatic heterocycles. The number of amides is 1. The maximum Gasteiger partial charge on any atom is 0.253 e. The van der Waals surface area contributed by atoms with E-state index in [1.807, 2.05) is 18.2 Å². The predicted molar refractivity (Wildman–Crippen MR) is 119 cm³/mol. The second-order valence-electron chi connectivity index (χ2n) is 7.35. The molecule has 0 spiro atoms. The zero-order chi connectivity index (χ0) is 20.7. The lowest BCUT2D eigenvalue weighted by Crippen LogP contribution is -2.44. The highest BCUT2D eigenvalue weighted by Gasteiger charge is 2.26. The summed E-state index contributed by atoms with van der Waals surface area (Å²) in [5.74, 6) is 0.448. The Bertz CT molecular complexity index is 762. The first-order valence-corrected chi connectivity index (χ1v) is 10.6. The Morgan fingerprint density at radius 1 is 1.07 bits per heavy atom. The first kappa shape index (κ1) is 22.7. The summed E-state index contributed by atoms with van der Waals surface area (Å²) in [7, 11) is 2.13. The van der Waals surface area contributed by atoms with Crippen molar-refractivity contribution >= 4 is 29.1 Å². The van der Waals surface area contributed by atoms with Crippen LogP contribution in [0.2, 0.25) is 10.0 Å². The van der Waals surface area contributed by atoms with Crippen molar-refractivity contribution in [3.8, 4) is 0 Å². The van der Waals surface area contributed by atoms with E-state index in [9.17, 15) is 4.79 Å². The molecule has 0 fully saturated rings.